The average molecular weight is 369 g/mol. The first kappa shape index (κ1) is 19.3. The second-order valence-electron chi connectivity index (χ2n) is 6.85. The minimum atomic E-state index is -0.118. The monoisotopic (exact) mass is 369 g/mol. The van der Waals surface area contributed by atoms with E-state index in [-0.39, 0.29) is 11.9 Å². The van der Waals surface area contributed by atoms with Crippen molar-refractivity contribution in [3.8, 4) is 6.07 Å². The molecule has 1 amide bonds. The van der Waals surface area contributed by atoms with E-state index in [1.54, 1.807) is 12.1 Å². The van der Waals surface area contributed by atoms with E-state index in [4.69, 9.17) is 5.26 Å². The maximum atomic E-state index is 12.4. The summed E-state index contributed by atoms with van der Waals surface area (Å²) >= 11 is 0. The highest BCUT2D eigenvalue weighted by atomic mass is 16.1. The van der Waals surface area contributed by atoms with E-state index in [9.17, 15) is 4.79 Å². The largest absolute Gasteiger partial charge is 0.322 e. The predicted octanol–water partition coefficient (Wildman–Crippen LogP) is 5.00. The molecule has 0 unspecified atom stereocenters. The van der Waals surface area contributed by atoms with Crippen molar-refractivity contribution >= 4 is 11.6 Å². The predicted molar refractivity (Wildman–Crippen MR) is 112 cm³/mol. The number of carbonyl (C=O) groups is 1. The standard InChI is InChI=1S/C24H23N3O/c1-18(27(2)17-20-9-6-8-19(14-20)16-25)22-12-7-13-23(15-22)26-24(28)21-10-4-3-5-11-21/h3-15,18H,17H2,1-2H3,(H,26,28)/t18-/m0/s1. The first-order valence-corrected chi connectivity index (χ1v) is 9.22. The maximum Gasteiger partial charge on any atom is 0.255 e. The molecular weight excluding hydrogens is 346 g/mol. The molecule has 0 bridgehead atoms. The number of carbonyl (C=O) groups excluding carboxylic acids is 1. The molecule has 0 saturated carbocycles. The Morgan fingerprint density at radius 1 is 1.04 bits per heavy atom. The van der Waals surface area contributed by atoms with Gasteiger partial charge in [-0.05, 0) is 61.5 Å². The number of nitrogens with one attached hydrogen (secondary N) is 1. The molecule has 0 spiro atoms. The summed E-state index contributed by atoms with van der Waals surface area (Å²) in [4.78, 5) is 14.6. The van der Waals surface area contributed by atoms with Gasteiger partial charge in [0.05, 0.1) is 11.6 Å². The summed E-state index contributed by atoms with van der Waals surface area (Å²) in [6.45, 7) is 2.86. The van der Waals surface area contributed by atoms with Gasteiger partial charge in [0.1, 0.15) is 0 Å². The topological polar surface area (TPSA) is 56.1 Å². The van der Waals surface area contributed by atoms with Crippen molar-refractivity contribution in [1.29, 1.82) is 5.26 Å². The minimum Gasteiger partial charge on any atom is -0.322 e. The lowest BCUT2D eigenvalue weighted by atomic mass is 10.0. The van der Waals surface area contributed by atoms with E-state index in [0.29, 0.717) is 11.1 Å². The molecule has 0 aliphatic rings. The van der Waals surface area contributed by atoms with Crippen LogP contribution < -0.4 is 5.32 Å². The first-order chi connectivity index (χ1) is 13.6. The van der Waals surface area contributed by atoms with Crippen molar-refractivity contribution in [3.63, 3.8) is 0 Å². The van der Waals surface area contributed by atoms with Crippen molar-refractivity contribution in [2.24, 2.45) is 0 Å². The summed E-state index contributed by atoms with van der Waals surface area (Å²) in [5.74, 6) is -0.118. The molecule has 28 heavy (non-hydrogen) atoms. The number of hydrogen-bond acceptors (Lipinski definition) is 3. The van der Waals surface area contributed by atoms with Gasteiger partial charge < -0.3 is 5.32 Å². The highest BCUT2D eigenvalue weighted by Crippen LogP contribution is 2.24. The Balaban J connectivity index is 1.70. The van der Waals surface area contributed by atoms with Crippen LogP contribution in [0.15, 0.2) is 78.9 Å². The van der Waals surface area contributed by atoms with Crippen LogP contribution in [0.5, 0.6) is 0 Å². The quantitative estimate of drug-likeness (QED) is 0.665. The van der Waals surface area contributed by atoms with Crippen LogP contribution in [0.3, 0.4) is 0 Å². The Morgan fingerprint density at radius 3 is 2.54 bits per heavy atom. The van der Waals surface area contributed by atoms with Crippen molar-refractivity contribution in [3.05, 3.63) is 101 Å². The zero-order chi connectivity index (χ0) is 19.9. The summed E-state index contributed by atoms with van der Waals surface area (Å²) in [5.41, 5.74) is 4.30. The van der Waals surface area contributed by atoms with Crippen LogP contribution in [0.25, 0.3) is 0 Å². The third-order valence-electron chi connectivity index (χ3n) is 4.81. The van der Waals surface area contributed by atoms with Crippen molar-refractivity contribution in [1.82, 2.24) is 4.90 Å². The van der Waals surface area contributed by atoms with Crippen LogP contribution in [0, 0.1) is 11.3 Å². The molecule has 0 heterocycles. The zero-order valence-corrected chi connectivity index (χ0v) is 16.1. The van der Waals surface area contributed by atoms with Gasteiger partial charge in [-0.2, -0.15) is 5.26 Å². The van der Waals surface area contributed by atoms with Crippen LogP contribution in [-0.4, -0.2) is 17.9 Å². The molecule has 3 aromatic rings. The van der Waals surface area contributed by atoms with Gasteiger partial charge in [-0.25, -0.2) is 0 Å². The Hall–Kier alpha value is -3.42. The molecule has 0 saturated heterocycles. The number of anilines is 1. The van der Waals surface area contributed by atoms with E-state index in [1.807, 2.05) is 60.7 Å². The van der Waals surface area contributed by atoms with Gasteiger partial charge in [0.15, 0.2) is 0 Å². The Morgan fingerprint density at radius 2 is 1.79 bits per heavy atom. The highest BCUT2D eigenvalue weighted by molar-refractivity contribution is 6.04. The number of nitrogens with zero attached hydrogens (tertiary/aromatic N) is 2. The fourth-order valence-electron chi connectivity index (χ4n) is 3.09. The molecule has 4 nitrogen and oxygen atoms in total. The number of nitriles is 1. The average Bonchev–Trinajstić information content (AvgIpc) is 2.74. The Kier molecular flexibility index (Phi) is 6.21. The fraction of sp³-hybridized carbons (Fsp3) is 0.167. The number of hydrogen-bond donors (Lipinski definition) is 1. The smallest absolute Gasteiger partial charge is 0.255 e. The highest BCUT2D eigenvalue weighted by Gasteiger charge is 2.14. The summed E-state index contributed by atoms with van der Waals surface area (Å²) in [6, 6.07) is 27.1. The van der Waals surface area contributed by atoms with E-state index < -0.39 is 0 Å². The first-order valence-electron chi connectivity index (χ1n) is 9.22. The van der Waals surface area contributed by atoms with Crippen LogP contribution in [0.2, 0.25) is 0 Å². The summed E-state index contributed by atoms with van der Waals surface area (Å²) in [5, 5.41) is 12.0. The molecule has 0 aliphatic carbocycles. The molecule has 0 aliphatic heterocycles. The lowest BCUT2D eigenvalue weighted by molar-refractivity contribution is 0.102. The van der Waals surface area contributed by atoms with Gasteiger partial charge in [0, 0.05) is 23.8 Å². The Labute approximate surface area is 166 Å². The molecule has 140 valence electrons. The molecule has 4 heteroatoms. The van der Waals surface area contributed by atoms with Gasteiger partial charge in [0.2, 0.25) is 0 Å². The second-order valence-corrected chi connectivity index (χ2v) is 6.85. The number of amides is 1. The van der Waals surface area contributed by atoms with Crippen molar-refractivity contribution in [2.45, 2.75) is 19.5 Å². The molecule has 1 atom stereocenters. The number of benzene rings is 3. The lowest BCUT2D eigenvalue weighted by Crippen LogP contribution is -2.22. The van der Waals surface area contributed by atoms with Gasteiger partial charge in [-0.1, -0.05) is 42.5 Å². The van der Waals surface area contributed by atoms with Gasteiger partial charge in [-0.3, -0.25) is 9.69 Å². The summed E-state index contributed by atoms with van der Waals surface area (Å²) < 4.78 is 0. The molecule has 0 radical (unpaired) electrons. The number of rotatable bonds is 6. The Bertz CT molecular complexity index is 992. The molecule has 0 aromatic heterocycles. The van der Waals surface area contributed by atoms with Gasteiger partial charge >= 0.3 is 0 Å². The van der Waals surface area contributed by atoms with E-state index in [1.165, 1.54) is 0 Å². The maximum absolute atomic E-state index is 12.4. The third kappa shape index (κ3) is 4.85. The molecule has 3 rings (SSSR count). The lowest BCUT2D eigenvalue weighted by Gasteiger charge is -2.25. The summed E-state index contributed by atoms with van der Waals surface area (Å²) in [6.07, 6.45) is 0. The van der Waals surface area contributed by atoms with Gasteiger partial charge in [0.25, 0.3) is 5.91 Å². The third-order valence-corrected chi connectivity index (χ3v) is 4.81. The van der Waals surface area contributed by atoms with Crippen molar-refractivity contribution < 1.29 is 4.79 Å². The molecule has 3 aromatic carbocycles. The van der Waals surface area contributed by atoms with E-state index in [2.05, 4.69) is 36.3 Å². The molecule has 0 fully saturated rings. The van der Waals surface area contributed by atoms with Crippen LogP contribution in [0.1, 0.15) is 40.0 Å². The van der Waals surface area contributed by atoms with Crippen molar-refractivity contribution in [2.75, 3.05) is 12.4 Å². The fourth-order valence-corrected chi connectivity index (χ4v) is 3.09. The van der Waals surface area contributed by atoms with Crippen LogP contribution >= 0.6 is 0 Å². The zero-order valence-electron chi connectivity index (χ0n) is 16.1. The molecular formula is C24H23N3O. The summed E-state index contributed by atoms with van der Waals surface area (Å²) in [7, 11) is 2.05. The van der Waals surface area contributed by atoms with E-state index >= 15 is 0 Å². The van der Waals surface area contributed by atoms with Gasteiger partial charge in [-0.15, -0.1) is 0 Å². The minimum absolute atomic E-state index is 0.118. The van der Waals surface area contributed by atoms with Crippen LogP contribution in [-0.2, 0) is 6.54 Å². The normalized spacial score (nSPS) is 11.6. The van der Waals surface area contributed by atoms with Crippen LogP contribution in [0.4, 0.5) is 5.69 Å². The second kappa shape index (κ2) is 8.98. The molecule has 1 N–H and O–H groups in total. The SMILES string of the molecule is C[C@@H](c1cccc(NC(=O)c2ccccc2)c1)N(C)Cc1cccc(C#N)c1. The van der Waals surface area contributed by atoms with E-state index in [0.717, 1.165) is 23.4 Å².